The van der Waals surface area contributed by atoms with Crippen LogP contribution in [0.4, 0.5) is 4.79 Å². The quantitative estimate of drug-likeness (QED) is 0.625. The van der Waals surface area contributed by atoms with Crippen molar-refractivity contribution in [2.45, 2.75) is 45.1 Å². The van der Waals surface area contributed by atoms with Crippen LogP contribution in [0.15, 0.2) is 30.3 Å². The smallest absolute Gasteiger partial charge is 0.407 e. The Kier molecular flexibility index (Phi) is 6.14. The fourth-order valence-corrected chi connectivity index (χ4v) is 3.00. The number of benzene rings is 1. The summed E-state index contributed by atoms with van der Waals surface area (Å²) >= 11 is 0. The molecule has 0 radical (unpaired) electrons. The molecule has 1 aliphatic rings. The van der Waals surface area contributed by atoms with Crippen molar-refractivity contribution >= 4 is 12.0 Å². The largest absolute Gasteiger partial charge is 0.465 e. The van der Waals surface area contributed by atoms with E-state index in [2.05, 4.69) is 15.5 Å². The highest BCUT2D eigenvalue weighted by Gasteiger charge is 2.31. The van der Waals surface area contributed by atoms with Gasteiger partial charge in [-0.15, -0.1) is 10.2 Å². The molecule has 10 heteroatoms. The molecular weight excluding hydrogens is 376 g/mol. The second kappa shape index (κ2) is 8.58. The van der Waals surface area contributed by atoms with Crippen molar-refractivity contribution in [3.63, 3.8) is 0 Å². The van der Waals surface area contributed by atoms with Crippen LogP contribution in [0.25, 0.3) is 0 Å². The van der Waals surface area contributed by atoms with E-state index in [-0.39, 0.29) is 19.1 Å². The van der Waals surface area contributed by atoms with Crippen LogP contribution >= 0.6 is 0 Å². The second-order valence-electron chi connectivity index (χ2n) is 7.58. The molecule has 0 aliphatic carbocycles. The number of carbonyl (C=O) groups excluding carboxylic acids is 1. The van der Waals surface area contributed by atoms with E-state index in [4.69, 9.17) is 10.5 Å². The zero-order valence-corrected chi connectivity index (χ0v) is 16.5. The van der Waals surface area contributed by atoms with E-state index in [9.17, 15) is 14.7 Å². The van der Waals surface area contributed by atoms with Gasteiger partial charge in [0.25, 0.3) is 0 Å². The number of nitrogens with one attached hydrogen (secondary N) is 1. The van der Waals surface area contributed by atoms with E-state index >= 15 is 0 Å². The van der Waals surface area contributed by atoms with Crippen LogP contribution in [0.5, 0.6) is 0 Å². The van der Waals surface area contributed by atoms with Crippen molar-refractivity contribution in [1.29, 1.82) is 0 Å². The maximum Gasteiger partial charge on any atom is 0.407 e. The zero-order chi connectivity index (χ0) is 21.0. The Labute approximate surface area is 168 Å². The predicted octanol–water partition coefficient (Wildman–Crippen LogP) is 0.883. The number of carbonyl (C=O) groups is 2. The van der Waals surface area contributed by atoms with Gasteiger partial charge in [-0.3, -0.25) is 9.69 Å². The Bertz CT molecular complexity index is 861. The highest BCUT2D eigenvalue weighted by molar-refractivity contribution is 5.85. The number of ether oxygens (including phenoxy) is 1. The van der Waals surface area contributed by atoms with Gasteiger partial charge in [0.2, 0.25) is 5.91 Å². The maximum absolute atomic E-state index is 12.5. The van der Waals surface area contributed by atoms with Gasteiger partial charge in [-0.1, -0.05) is 30.3 Å². The minimum absolute atomic E-state index is 0.149. The molecule has 29 heavy (non-hydrogen) atoms. The molecule has 4 N–H and O–H groups in total. The number of amides is 2. The average molecular weight is 402 g/mol. The Morgan fingerprint density at radius 2 is 2.00 bits per heavy atom. The molecule has 0 fully saturated rings. The second-order valence-corrected chi connectivity index (χ2v) is 7.58. The van der Waals surface area contributed by atoms with E-state index in [1.807, 2.05) is 34.9 Å². The summed E-state index contributed by atoms with van der Waals surface area (Å²) in [5, 5.41) is 20.4. The van der Waals surface area contributed by atoms with Crippen molar-refractivity contribution in [2.24, 2.45) is 5.73 Å². The molecule has 1 atom stereocenters. The van der Waals surface area contributed by atoms with Crippen molar-refractivity contribution in [1.82, 2.24) is 25.0 Å². The normalized spacial score (nSPS) is 14.9. The Morgan fingerprint density at radius 3 is 2.66 bits per heavy atom. The van der Waals surface area contributed by atoms with Crippen molar-refractivity contribution in [3.8, 4) is 0 Å². The number of nitrogens with zero attached hydrogens (tertiary/aromatic N) is 4. The molecular formula is C19H26N6O4. The first-order valence-electron chi connectivity index (χ1n) is 9.37. The van der Waals surface area contributed by atoms with Gasteiger partial charge < -0.3 is 25.5 Å². The highest BCUT2D eigenvalue weighted by Crippen LogP contribution is 2.19. The first-order chi connectivity index (χ1) is 13.8. The number of nitrogens with two attached hydrogens (primary N) is 1. The summed E-state index contributed by atoms with van der Waals surface area (Å²) in [7, 11) is 0. The standard InChI is InChI=1S/C19H26N6O4/c1-19(2,20)17(26)21-14(12-29-11-13-6-4-3-5-7-13)16-23-22-15-10-24(18(27)28)8-9-25(15)16/h3-7,14H,8-12,20H2,1-2H3,(H,21,26)(H,27,28). The van der Waals surface area contributed by atoms with Gasteiger partial charge in [0, 0.05) is 13.1 Å². The number of fused-ring (bicyclic) bond motifs is 1. The van der Waals surface area contributed by atoms with Crippen LogP contribution in [0, 0.1) is 0 Å². The summed E-state index contributed by atoms with van der Waals surface area (Å²) in [5.41, 5.74) is 5.87. The van der Waals surface area contributed by atoms with Gasteiger partial charge in [-0.25, -0.2) is 4.79 Å². The summed E-state index contributed by atoms with van der Waals surface area (Å²) in [4.78, 5) is 25.0. The Morgan fingerprint density at radius 1 is 1.28 bits per heavy atom. The fourth-order valence-electron chi connectivity index (χ4n) is 3.00. The summed E-state index contributed by atoms with van der Waals surface area (Å²) in [6.07, 6.45) is -0.998. The van der Waals surface area contributed by atoms with Crippen LogP contribution < -0.4 is 11.1 Å². The van der Waals surface area contributed by atoms with Crippen LogP contribution in [0.3, 0.4) is 0 Å². The number of aromatic nitrogens is 3. The first kappa shape index (κ1) is 20.7. The molecule has 2 amide bonds. The summed E-state index contributed by atoms with van der Waals surface area (Å²) in [6.45, 7) is 4.67. The van der Waals surface area contributed by atoms with Gasteiger partial charge in [0.1, 0.15) is 6.04 Å². The zero-order valence-electron chi connectivity index (χ0n) is 16.5. The van der Waals surface area contributed by atoms with Crippen LogP contribution in [0.2, 0.25) is 0 Å². The average Bonchev–Trinajstić information content (AvgIpc) is 3.10. The SMILES string of the molecule is CC(C)(N)C(=O)NC(COCc1ccccc1)c1nnc2n1CCN(C(=O)O)C2. The molecule has 1 aromatic carbocycles. The fraction of sp³-hybridized carbons (Fsp3) is 0.474. The minimum atomic E-state index is -1.07. The van der Waals surface area contributed by atoms with E-state index in [1.54, 1.807) is 13.8 Å². The maximum atomic E-state index is 12.5. The molecule has 1 unspecified atom stereocenters. The molecule has 156 valence electrons. The summed E-state index contributed by atoms with van der Waals surface area (Å²) < 4.78 is 7.66. The van der Waals surface area contributed by atoms with Crippen molar-refractivity contribution in [2.75, 3.05) is 13.2 Å². The molecule has 0 spiro atoms. The van der Waals surface area contributed by atoms with Gasteiger partial charge in [0.05, 0.1) is 25.3 Å². The lowest BCUT2D eigenvalue weighted by Crippen LogP contribution is -2.51. The summed E-state index contributed by atoms with van der Waals surface area (Å²) in [5.74, 6) is 0.713. The molecule has 10 nitrogen and oxygen atoms in total. The summed E-state index contributed by atoms with van der Waals surface area (Å²) in [6, 6.07) is 9.13. The lowest BCUT2D eigenvalue weighted by Gasteiger charge is -2.28. The topological polar surface area (TPSA) is 136 Å². The molecule has 2 aromatic rings. The lowest BCUT2D eigenvalue weighted by atomic mass is 10.1. The van der Waals surface area contributed by atoms with Gasteiger partial charge >= 0.3 is 6.09 Å². The van der Waals surface area contributed by atoms with Crippen LogP contribution in [-0.4, -0.2) is 55.5 Å². The van der Waals surface area contributed by atoms with Crippen LogP contribution in [0.1, 0.15) is 37.1 Å². The number of hydrogen-bond donors (Lipinski definition) is 3. The molecule has 1 aromatic heterocycles. The Balaban J connectivity index is 1.76. The van der Waals surface area contributed by atoms with Crippen LogP contribution in [-0.2, 0) is 29.2 Å². The highest BCUT2D eigenvalue weighted by atomic mass is 16.5. The molecule has 0 bridgehead atoms. The molecule has 0 saturated carbocycles. The molecule has 1 aliphatic heterocycles. The van der Waals surface area contributed by atoms with Gasteiger partial charge in [-0.05, 0) is 19.4 Å². The number of rotatable bonds is 7. The number of carboxylic acid groups (broad SMARTS) is 1. The Hall–Kier alpha value is -2.98. The molecule has 2 heterocycles. The predicted molar refractivity (Wildman–Crippen MR) is 104 cm³/mol. The van der Waals surface area contributed by atoms with Crippen molar-refractivity contribution in [3.05, 3.63) is 47.5 Å². The monoisotopic (exact) mass is 402 g/mol. The van der Waals surface area contributed by atoms with E-state index in [0.717, 1.165) is 5.56 Å². The lowest BCUT2D eigenvalue weighted by molar-refractivity contribution is -0.126. The molecule has 0 saturated heterocycles. The minimum Gasteiger partial charge on any atom is -0.465 e. The third-order valence-electron chi connectivity index (χ3n) is 4.65. The first-order valence-corrected chi connectivity index (χ1v) is 9.37. The molecule has 3 rings (SSSR count). The third kappa shape index (κ3) is 5.09. The van der Waals surface area contributed by atoms with Crippen molar-refractivity contribution < 1.29 is 19.4 Å². The number of hydrogen-bond acceptors (Lipinski definition) is 6. The van der Waals surface area contributed by atoms with Gasteiger partial charge in [0.15, 0.2) is 11.6 Å². The van der Waals surface area contributed by atoms with E-state index in [1.165, 1.54) is 4.90 Å². The van der Waals surface area contributed by atoms with E-state index < -0.39 is 17.7 Å². The third-order valence-corrected chi connectivity index (χ3v) is 4.65. The van der Waals surface area contributed by atoms with Gasteiger partial charge in [-0.2, -0.15) is 0 Å². The van der Waals surface area contributed by atoms with E-state index in [0.29, 0.717) is 31.3 Å².